The Morgan fingerprint density at radius 3 is 2.25 bits per heavy atom. The molecule has 0 heterocycles. The van der Waals surface area contributed by atoms with Gasteiger partial charge in [-0.15, -0.1) is 0 Å². The summed E-state index contributed by atoms with van der Waals surface area (Å²) >= 11 is 0. The van der Waals surface area contributed by atoms with Crippen LogP contribution < -0.4 is 0 Å². The van der Waals surface area contributed by atoms with E-state index in [1.807, 2.05) is 62.4 Å². The van der Waals surface area contributed by atoms with Crippen molar-refractivity contribution in [1.29, 1.82) is 0 Å². The monoisotopic (exact) mass is 345 g/mol. The number of hydrogen-bond donors (Lipinski definition) is 0. The highest BCUT2D eigenvalue weighted by Crippen LogP contribution is 2.19. The number of rotatable bonds is 6. The summed E-state index contributed by atoms with van der Waals surface area (Å²) in [6.07, 6.45) is 0. The van der Waals surface area contributed by atoms with E-state index in [-0.39, 0.29) is 17.7 Å². The number of benzene rings is 2. The summed E-state index contributed by atoms with van der Waals surface area (Å²) in [5.41, 5.74) is 2.63. The lowest BCUT2D eigenvalue weighted by molar-refractivity contribution is -0.129. The van der Waals surface area contributed by atoms with Crippen molar-refractivity contribution in [1.82, 2.24) is 4.90 Å². The van der Waals surface area contributed by atoms with Gasteiger partial charge in [-0.3, -0.25) is 4.79 Å². The maximum Gasteiger partial charge on any atom is 0.238 e. The molecule has 1 unspecified atom stereocenters. The van der Waals surface area contributed by atoms with Crippen LogP contribution in [0.5, 0.6) is 0 Å². The fraction of sp³-hybridized carbons (Fsp3) is 0.316. The average molecular weight is 345 g/mol. The Morgan fingerprint density at radius 2 is 1.62 bits per heavy atom. The molecule has 0 fully saturated rings. The second-order valence-electron chi connectivity index (χ2n) is 6.05. The molecule has 5 heteroatoms. The Kier molecular flexibility index (Phi) is 5.78. The minimum absolute atomic E-state index is 0.112. The highest BCUT2D eigenvalue weighted by Gasteiger charge is 2.24. The van der Waals surface area contributed by atoms with Crippen molar-refractivity contribution in [3.63, 3.8) is 0 Å². The predicted molar refractivity (Wildman–Crippen MR) is 96.3 cm³/mol. The van der Waals surface area contributed by atoms with Crippen LogP contribution in [0.25, 0.3) is 0 Å². The third-order valence-electron chi connectivity index (χ3n) is 4.24. The SMILES string of the molecule is Cc1ccccc1CS(=O)(=O)CC(=O)N(C)C(C)c1ccccc1. The molecule has 0 spiro atoms. The van der Waals surface area contributed by atoms with Gasteiger partial charge >= 0.3 is 0 Å². The van der Waals surface area contributed by atoms with E-state index in [2.05, 4.69) is 0 Å². The number of carbonyl (C=O) groups excluding carboxylic acids is 1. The zero-order valence-electron chi connectivity index (χ0n) is 14.3. The summed E-state index contributed by atoms with van der Waals surface area (Å²) in [6.45, 7) is 3.76. The Morgan fingerprint density at radius 1 is 1.04 bits per heavy atom. The fourth-order valence-corrected chi connectivity index (χ4v) is 4.00. The van der Waals surface area contributed by atoms with Crippen LogP contribution in [0.4, 0.5) is 0 Å². The van der Waals surface area contributed by atoms with E-state index in [9.17, 15) is 13.2 Å². The Hall–Kier alpha value is -2.14. The maximum atomic E-state index is 12.4. The first-order valence-electron chi connectivity index (χ1n) is 7.85. The van der Waals surface area contributed by atoms with Crippen molar-refractivity contribution in [3.8, 4) is 0 Å². The summed E-state index contributed by atoms with van der Waals surface area (Å²) in [6, 6.07) is 16.7. The van der Waals surface area contributed by atoms with Gasteiger partial charge in [-0.1, -0.05) is 54.6 Å². The Bertz CT molecular complexity index is 800. The number of carbonyl (C=O) groups is 1. The first kappa shape index (κ1) is 18.2. The first-order chi connectivity index (χ1) is 11.3. The molecule has 0 radical (unpaired) electrons. The molecule has 4 nitrogen and oxygen atoms in total. The van der Waals surface area contributed by atoms with Gasteiger partial charge in [-0.05, 0) is 30.5 Å². The number of aryl methyl sites for hydroxylation is 1. The lowest BCUT2D eigenvalue weighted by atomic mass is 10.1. The van der Waals surface area contributed by atoms with Crippen LogP contribution in [0, 0.1) is 6.92 Å². The molecule has 128 valence electrons. The Balaban J connectivity index is 2.06. The van der Waals surface area contributed by atoms with Crippen molar-refractivity contribution in [2.24, 2.45) is 0 Å². The predicted octanol–water partition coefficient (Wildman–Crippen LogP) is 3.13. The van der Waals surface area contributed by atoms with Gasteiger partial charge in [-0.25, -0.2) is 8.42 Å². The van der Waals surface area contributed by atoms with E-state index in [0.29, 0.717) is 0 Å². The smallest absolute Gasteiger partial charge is 0.238 e. The first-order valence-corrected chi connectivity index (χ1v) is 9.68. The second-order valence-corrected chi connectivity index (χ2v) is 8.11. The lowest BCUT2D eigenvalue weighted by Gasteiger charge is -2.25. The van der Waals surface area contributed by atoms with Crippen LogP contribution in [-0.2, 0) is 20.4 Å². The van der Waals surface area contributed by atoms with Crippen LogP contribution in [-0.4, -0.2) is 32.0 Å². The van der Waals surface area contributed by atoms with Gasteiger partial charge in [0.25, 0.3) is 0 Å². The van der Waals surface area contributed by atoms with E-state index in [1.165, 1.54) is 4.90 Å². The third-order valence-corrected chi connectivity index (χ3v) is 5.67. The molecule has 0 saturated carbocycles. The van der Waals surface area contributed by atoms with Crippen LogP contribution in [0.1, 0.15) is 29.7 Å². The van der Waals surface area contributed by atoms with Crippen LogP contribution in [0.2, 0.25) is 0 Å². The molecule has 1 atom stereocenters. The van der Waals surface area contributed by atoms with Gasteiger partial charge in [-0.2, -0.15) is 0 Å². The number of amides is 1. The molecule has 2 rings (SSSR count). The van der Waals surface area contributed by atoms with Gasteiger partial charge in [0.1, 0.15) is 5.75 Å². The zero-order chi connectivity index (χ0) is 17.7. The van der Waals surface area contributed by atoms with E-state index in [1.54, 1.807) is 13.1 Å². The summed E-state index contributed by atoms with van der Waals surface area (Å²) in [5, 5.41) is 0. The van der Waals surface area contributed by atoms with E-state index in [0.717, 1.165) is 16.7 Å². The quantitative estimate of drug-likeness (QED) is 0.808. The van der Waals surface area contributed by atoms with Crippen LogP contribution in [0.15, 0.2) is 54.6 Å². The highest BCUT2D eigenvalue weighted by molar-refractivity contribution is 7.91. The number of nitrogens with zero attached hydrogens (tertiary/aromatic N) is 1. The van der Waals surface area contributed by atoms with Crippen molar-refractivity contribution >= 4 is 15.7 Å². The number of hydrogen-bond acceptors (Lipinski definition) is 3. The molecule has 0 aliphatic rings. The van der Waals surface area contributed by atoms with Crippen molar-refractivity contribution < 1.29 is 13.2 Å². The minimum Gasteiger partial charge on any atom is -0.338 e. The van der Waals surface area contributed by atoms with E-state index < -0.39 is 15.6 Å². The molecular formula is C19H23NO3S. The number of sulfone groups is 1. The summed E-state index contributed by atoms with van der Waals surface area (Å²) in [4.78, 5) is 13.9. The van der Waals surface area contributed by atoms with E-state index in [4.69, 9.17) is 0 Å². The van der Waals surface area contributed by atoms with Crippen molar-refractivity contribution in [2.45, 2.75) is 25.6 Å². The largest absolute Gasteiger partial charge is 0.338 e. The molecule has 0 aromatic heterocycles. The Labute approximate surface area is 144 Å². The molecular weight excluding hydrogens is 322 g/mol. The molecule has 2 aromatic rings. The van der Waals surface area contributed by atoms with E-state index >= 15 is 0 Å². The topological polar surface area (TPSA) is 54.5 Å². The molecule has 0 bridgehead atoms. The molecule has 0 aliphatic carbocycles. The molecule has 2 aromatic carbocycles. The van der Waals surface area contributed by atoms with Gasteiger partial charge < -0.3 is 4.90 Å². The molecule has 1 amide bonds. The third kappa shape index (κ3) is 4.68. The van der Waals surface area contributed by atoms with Crippen LogP contribution >= 0.6 is 0 Å². The van der Waals surface area contributed by atoms with Gasteiger partial charge in [0, 0.05) is 7.05 Å². The fourth-order valence-electron chi connectivity index (χ4n) is 2.52. The van der Waals surface area contributed by atoms with Crippen LogP contribution in [0.3, 0.4) is 0 Å². The summed E-state index contributed by atoms with van der Waals surface area (Å²) in [7, 11) is -1.87. The lowest BCUT2D eigenvalue weighted by Crippen LogP contribution is -2.35. The van der Waals surface area contributed by atoms with Gasteiger partial charge in [0.15, 0.2) is 9.84 Å². The average Bonchev–Trinajstić information content (AvgIpc) is 2.55. The van der Waals surface area contributed by atoms with Gasteiger partial charge in [0.05, 0.1) is 11.8 Å². The standard InChI is InChI=1S/C19H23NO3S/c1-15-9-7-8-12-18(15)13-24(22,23)14-19(21)20(3)16(2)17-10-5-4-6-11-17/h4-12,16H,13-14H2,1-3H3. The van der Waals surface area contributed by atoms with Crippen molar-refractivity contribution in [3.05, 3.63) is 71.3 Å². The molecule has 0 aliphatic heterocycles. The zero-order valence-corrected chi connectivity index (χ0v) is 15.1. The summed E-state index contributed by atoms with van der Waals surface area (Å²) in [5.74, 6) is -0.978. The highest BCUT2D eigenvalue weighted by atomic mass is 32.2. The van der Waals surface area contributed by atoms with Gasteiger partial charge in [0.2, 0.25) is 5.91 Å². The maximum absolute atomic E-state index is 12.4. The molecule has 0 saturated heterocycles. The van der Waals surface area contributed by atoms with Crippen molar-refractivity contribution in [2.75, 3.05) is 12.8 Å². The molecule has 0 N–H and O–H groups in total. The normalized spacial score (nSPS) is 12.6. The second kappa shape index (κ2) is 7.62. The molecule has 24 heavy (non-hydrogen) atoms. The minimum atomic E-state index is -3.51. The summed E-state index contributed by atoms with van der Waals surface area (Å²) < 4.78 is 24.8.